The Kier molecular flexibility index (Phi) is 4.92. The van der Waals surface area contributed by atoms with Crippen molar-refractivity contribution >= 4 is 17.2 Å². The molecule has 8 nitrogen and oxygen atoms in total. The maximum atomic E-state index is 13.0. The lowest BCUT2D eigenvalue weighted by Crippen LogP contribution is -2.40. The van der Waals surface area contributed by atoms with Crippen LogP contribution in [-0.4, -0.2) is 43.4 Å². The van der Waals surface area contributed by atoms with E-state index in [4.69, 9.17) is 4.52 Å². The summed E-state index contributed by atoms with van der Waals surface area (Å²) in [7, 11) is 1.66. The maximum absolute atomic E-state index is 13.0. The van der Waals surface area contributed by atoms with Crippen molar-refractivity contribution in [1.82, 2.24) is 24.4 Å². The Morgan fingerprint density at radius 3 is 2.93 bits per heavy atom. The Morgan fingerprint density at radius 2 is 2.21 bits per heavy atom. The fourth-order valence-electron chi connectivity index (χ4n) is 3.71. The van der Waals surface area contributed by atoms with Crippen LogP contribution in [0.4, 0.5) is 0 Å². The van der Waals surface area contributed by atoms with Crippen molar-refractivity contribution < 1.29 is 9.32 Å². The Hall–Kier alpha value is -2.68. The summed E-state index contributed by atoms with van der Waals surface area (Å²) in [6.07, 6.45) is 1.75. The number of aromatic nitrogens is 4. The first-order chi connectivity index (χ1) is 13.5. The molecule has 1 unspecified atom stereocenters. The molecule has 0 aliphatic carbocycles. The predicted molar refractivity (Wildman–Crippen MR) is 106 cm³/mol. The summed E-state index contributed by atoms with van der Waals surface area (Å²) in [5.41, 5.74) is 0.192. The Bertz CT molecular complexity index is 1030. The van der Waals surface area contributed by atoms with Gasteiger partial charge in [-0.25, -0.2) is 9.48 Å². The number of amides is 1. The van der Waals surface area contributed by atoms with Gasteiger partial charge in [-0.1, -0.05) is 11.2 Å². The normalized spacial score (nSPS) is 17.4. The molecular weight excluding hydrogens is 378 g/mol. The molecular formula is C19H23N5O3S. The van der Waals surface area contributed by atoms with E-state index < -0.39 is 0 Å². The van der Waals surface area contributed by atoms with E-state index in [0.29, 0.717) is 24.5 Å². The second-order valence-corrected chi connectivity index (χ2v) is 8.32. The minimum Gasteiger partial charge on any atom is -0.355 e. The zero-order chi connectivity index (χ0) is 19.8. The van der Waals surface area contributed by atoms with Gasteiger partial charge in [0.2, 0.25) is 0 Å². The van der Waals surface area contributed by atoms with Gasteiger partial charge in [0, 0.05) is 38.2 Å². The molecule has 4 heterocycles. The standard InChI is InChI=1S/C19H23N5O3S/c1-12(2)24-17(20-22(3)19(24)26)13-6-4-8-23(11-13)18(25)14-10-15(27-21-14)16-7-5-9-28-16/h5,7,9-10,12-13H,4,6,8,11H2,1-3H3. The molecule has 148 valence electrons. The number of hydrogen-bond acceptors (Lipinski definition) is 6. The van der Waals surface area contributed by atoms with Gasteiger partial charge in [-0.05, 0) is 38.1 Å². The number of rotatable bonds is 4. The fraction of sp³-hybridized carbons (Fsp3) is 0.474. The zero-order valence-corrected chi connectivity index (χ0v) is 17.0. The number of carbonyl (C=O) groups excluding carboxylic acids is 1. The van der Waals surface area contributed by atoms with Crippen LogP contribution in [-0.2, 0) is 7.05 Å². The van der Waals surface area contributed by atoms with Crippen LogP contribution in [0, 0.1) is 0 Å². The highest BCUT2D eigenvalue weighted by molar-refractivity contribution is 7.13. The number of aryl methyl sites for hydroxylation is 1. The first-order valence-corrected chi connectivity index (χ1v) is 10.3. The van der Waals surface area contributed by atoms with Crippen molar-refractivity contribution in [1.29, 1.82) is 0 Å². The third kappa shape index (κ3) is 3.30. The lowest BCUT2D eigenvalue weighted by molar-refractivity contribution is 0.0692. The lowest BCUT2D eigenvalue weighted by atomic mass is 9.96. The van der Waals surface area contributed by atoms with E-state index in [0.717, 1.165) is 23.5 Å². The minimum atomic E-state index is -0.148. The SMILES string of the molecule is CC(C)n1c(C2CCCN(C(=O)c3cc(-c4cccs4)on3)C2)nn(C)c1=O. The molecule has 1 aliphatic rings. The largest absolute Gasteiger partial charge is 0.355 e. The molecule has 28 heavy (non-hydrogen) atoms. The van der Waals surface area contributed by atoms with Gasteiger partial charge in [-0.3, -0.25) is 9.36 Å². The first kappa shape index (κ1) is 18.7. The van der Waals surface area contributed by atoms with Gasteiger partial charge in [0.1, 0.15) is 5.82 Å². The predicted octanol–water partition coefficient (Wildman–Crippen LogP) is 2.90. The van der Waals surface area contributed by atoms with Crippen LogP contribution in [0.3, 0.4) is 0 Å². The molecule has 0 spiro atoms. The average molecular weight is 401 g/mol. The van der Waals surface area contributed by atoms with E-state index in [2.05, 4.69) is 10.3 Å². The molecule has 0 saturated carbocycles. The topological polar surface area (TPSA) is 86.2 Å². The first-order valence-electron chi connectivity index (χ1n) is 9.41. The van der Waals surface area contributed by atoms with E-state index in [-0.39, 0.29) is 23.6 Å². The van der Waals surface area contributed by atoms with Gasteiger partial charge in [-0.2, -0.15) is 5.10 Å². The van der Waals surface area contributed by atoms with E-state index in [1.165, 1.54) is 4.68 Å². The van der Waals surface area contributed by atoms with Crippen LogP contribution in [0.1, 0.15) is 55.0 Å². The van der Waals surface area contributed by atoms with Crippen LogP contribution >= 0.6 is 11.3 Å². The van der Waals surface area contributed by atoms with E-state index in [1.807, 2.05) is 31.4 Å². The van der Waals surface area contributed by atoms with Crippen molar-refractivity contribution in [3.05, 3.63) is 45.6 Å². The van der Waals surface area contributed by atoms with Crippen LogP contribution in [0.15, 0.2) is 32.9 Å². The number of thiophene rings is 1. The minimum absolute atomic E-state index is 0.0196. The average Bonchev–Trinajstić information content (AvgIpc) is 3.42. The van der Waals surface area contributed by atoms with Crippen LogP contribution in [0.2, 0.25) is 0 Å². The van der Waals surface area contributed by atoms with Gasteiger partial charge in [0.15, 0.2) is 11.5 Å². The quantitative estimate of drug-likeness (QED) is 0.671. The maximum Gasteiger partial charge on any atom is 0.345 e. The van der Waals surface area contributed by atoms with E-state index in [1.54, 1.807) is 33.9 Å². The van der Waals surface area contributed by atoms with Crippen molar-refractivity contribution in [3.63, 3.8) is 0 Å². The molecule has 1 atom stereocenters. The molecule has 0 N–H and O–H groups in total. The third-order valence-corrected chi connectivity index (χ3v) is 5.95. The molecule has 4 rings (SSSR count). The second-order valence-electron chi connectivity index (χ2n) is 7.37. The molecule has 3 aromatic heterocycles. The molecule has 1 aliphatic heterocycles. The molecule has 0 radical (unpaired) electrons. The summed E-state index contributed by atoms with van der Waals surface area (Å²) in [5, 5.41) is 10.4. The Labute approximate surface area is 166 Å². The smallest absolute Gasteiger partial charge is 0.345 e. The summed E-state index contributed by atoms with van der Waals surface area (Å²) < 4.78 is 8.46. The highest BCUT2D eigenvalue weighted by atomic mass is 32.1. The number of carbonyl (C=O) groups is 1. The Morgan fingerprint density at radius 1 is 1.39 bits per heavy atom. The van der Waals surface area contributed by atoms with Crippen molar-refractivity contribution in [3.8, 4) is 10.6 Å². The van der Waals surface area contributed by atoms with Crippen LogP contribution < -0.4 is 5.69 Å². The molecule has 3 aromatic rings. The molecule has 1 amide bonds. The van der Waals surface area contributed by atoms with Gasteiger partial charge >= 0.3 is 5.69 Å². The summed E-state index contributed by atoms with van der Waals surface area (Å²) in [6, 6.07) is 5.58. The molecule has 1 fully saturated rings. The van der Waals surface area contributed by atoms with Gasteiger partial charge < -0.3 is 9.42 Å². The summed E-state index contributed by atoms with van der Waals surface area (Å²) in [5.74, 6) is 1.23. The molecule has 0 bridgehead atoms. The Balaban J connectivity index is 1.55. The number of piperidine rings is 1. The third-order valence-electron chi connectivity index (χ3n) is 5.07. The molecule has 9 heteroatoms. The van der Waals surface area contributed by atoms with Gasteiger partial charge in [0.05, 0.1) is 4.88 Å². The highest BCUT2D eigenvalue weighted by Gasteiger charge is 2.31. The van der Waals surface area contributed by atoms with Crippen molar-refractivity contribution in [2.75, 3.05) is 13.1 Å². The van der Waals surface area contributed by atoms with E-state index in [9.17, 15) is 9.59 Å². The summed E-state index contributed by atoms with van der Waals surface area (Å²) in [4.78, 5) is 28.1. The van der Waals surface area contributed by atoms with E-state index >= 15 is 0 Å². The summed E-state index contributed by atoms with van der Waals surface area (Å²) in [6.45, 7) is 5.12. The van der Waals surface area contributed by atoms with Gasteiger partial charge in [0.25, 0.3) is 5.91 Å². The van der Waals surface area contributed by atoms with Crippen molar-refractivity contribution in [2.45, 2.75) is 38.6 Å². The monoisotopic (exact) mass is 401 g/mol. The highest BCUT2D eigenvalue weighted by Crippen LogP contribution is 2.29. The molecule has 0 aromatic carbocycles. The number of nitrogens with zero attached hydrogens (tertiary/aromatic N) is 5. The van der Waals surface area contributed by atoms with Crippen molar-refractivity contribution in [2.24, 2.45) is 7.05 Å². The summed E-state index contributed by atoms with van der Waals surface area (Å²) >= 11 is 1.54. The number of hydrogen-bond donors (Lipinski definition) is 0. The second kappa shape index (κ2) is 7.38. The van der Waals surface area contributed by atoms with Crippen LogP contribution in [0.25, 0.3) is 10.6 Å². The number of likely N-dealkylation sites (tertiary alicyclic amines) is 1. The fourth-order valence-corrected chi connectivity index (χ4v) is 4.38. The van der Waals surface area contributed by atoms with Crippen LogP contribution in [0.5, 0.6) is 0 Å². The zero-order valence-electron chi connectivity index (χ0n) is 16.2. The van der Waals surface area contributed by atoms with Gasteiger partial charge in [-0.15, -0.1) is 11.3 Å². The lowest BCUT2D eigenvalue weighted by Gasteiger charge is -2.32. The molecule has 1 saturated heterocycles.